The predicted molar refractivity (Wildman–Crippen MR) is 42.0 cm³/mol. The molecule has 9 heavy (non-hydrogen) atoms. The van der Waals surface area contributed by atoms with E-state index >= 15 is 0 Å². The van der Waals surface area contributed by atoms with Crippen molar-refractivity contribution in [2.45, 2.75) is 12.8 Å². The second-order valence-electron chi connectivity index (χ2n) is 1.36. The number of nitrogens with two attached hydrogens (primary N) is 2. The number of primary amides is 1. The van der Waals surface area contributed by atoms with E-state index in [4.69, 9.17) is 11.5 Å². The molecule has 0 aliphatic rings. The molecule has 0 saturated heterocycles. The molecule has 0 fully saturated rings. The van der Waals surface area contributed by atoms with Gasteiger partial charge in [0.05, 0.1) is 0 Å². The van der Waals surface area contributed by atoms with E-state index in [0.717, 1.165) is 0 Å². The Balaban J connectivity index is -0.000000180. The van der Waals surface area contributed by atoms with Crippen LogP contribution in [-0.4, -0.2) is 12.5 Å². The predicted octanol–water partition coefficient (Wildman–Crippen LogP) is 0.0542. The molecule has 0 saturated carbocycles. The summed E-state index contributed by atoms with van der Waals surface area (Å²) in [4.78, 5) is 9.92. The fraction of sp³-hybridized carbons (Fsp3) is 0.750. The summed E-state index contributed by atoms with van der Waals surface area (Å²) < 4.78 is 0. The van der Waals surface area contributed by atoms with Gasteiger partial charge in [0.25, 0.3) is 0 Å². The highest BCUT2D eigenvalue weighted by Crippen LogP contribution is 1.80. The van der Waals surface area contributed by atoms with Gasteiger partial charge in [-0.1, -0.05) is 0 Å². The molecule has 0 heterocycles. The number of hydrogen-bond acceptors (Lipinski definition) is 2. The van der Waals surface area contributed by atoms with Crippen molar-refractivity contribution in [1.82, 2.24) is 0 Å². The molecule has 0 spiro atoms. The largest absolute Gasteiger partial charge is 0.370 e. The van der Waals surface area contributed by atoms with Crippen LogP contribution in [0.15, 0.2) is 0 Å². The summed E-state index contributed by atoms with van der Waals surface area (Å²) in [6.07, 6.45) is 1.12. The first-order chi connectivity index (χ1) is 3.27. The van der Waals surface area contributed by atoms with Crippen LogP contribution >= 0.6 is 24.8 Å². The molecule has 0 atom stereocenters. The number of carbonyl (C=O) groups excluding carboxylic acids is 1. The lowest BCUT2D eigenvalue weighted by molar-refractivity contribution is -0.118. The van der Waals surface area contributed by atoms with E-state index in [1.54, 1.807) is 0 Å². The van der Waals surface area contributed by atoms with Crippen LogP contribution in [0.1, 0.15) is 12.8 Å². The van der Waals surface area contributed by atoms with E-state index in [2.05, 4.69) is 0 Å². The van der Waals surface area contributed by atoms with Crippen molar-refractivity contribution in [1.29, 1.82) is 0 Å². The minimum Gasteiger partial charge on any atom is -0.370 e. The Morgan fingerprint density at radius 3 is 1.89 bits per heavy atom. The lowest BCUT2D eigenvalue weighted by Gasteiger charge is -1.87. The molecule has 58 valence electrons. The fourth-order valence-electron chi connectivity index (χ4n) is 0.276. The van der Waals surface area contributed by atoms with Crippen LogP contribution in [-0.2, 0) is 4.79 Å². The molecule has 0 aromatic carbocycles. The highest BCUT2D eigenvalue weighted by molar-refractivity contribution is 5.85. The van der Waals surface area contributed by atoms with Gasteiger partial charge in [0.1, 0.15) is 0 Å². The van der Waals surface area contributed by atoms with Gasteiger partial charge in [-0.15, -0.1) is 24.8 Å². The average Bonchev–Trinajstić information content (AvgIpc) is 1.61. The van der Waals surface area contributed by atoms with Crippen molar-refractivity contribution in [2.24, 2.45) is 11.5 Å². The summed E-state index contributed by atoms with van der Waals surface area (Å²) >= 11 is 0. The van der Waals surface area contributed by atoms with Gasteiger partial charge in [-0.2, -0.15) is 0 Å². The average molecular weight is 175 g/mol. The molecule has 3 nitrogen and oxygen atoms in total. The molecule has 0 aliphatic carbocycles. The van der Waals surface area contributed by atoms with Gasteiger partial charge >= 0.3 is 0 Å². The van der Waals surface area contributed by atoms with Crippen molar-refractivity contribution < 1.29 is 4.79 Å². The summed E-state index contributed by atoms with van der Waals surface area (Å²) in [5.41, 5.74) is 9.85. The monoisotopic (exact) mass is 174 g/mol. The third kappa shape index (κ3) is 18.0. The summed E-state index contributed by atoms with van der Waals surface area (Å²) in [6, 6.07) is 0. The molecule has 5 heteroatoms. The van der Waals surface area contributed by atoms with Crippen LogP contribution < -0.4 is 11.5 Å². The van der Waals surface area contributed by atoms with Gasteiger partial charge in [-0.3, -0.25) is 4.79 Å². The maximum Gasteiger partial charge on any atom is 0.217 e. The van der Waals surface area contributed by atoms with Gasteiger partial charge in [-0.05, 0) is 13.0 Å². The van der Waals surface area contributed by atoms with E-state index in [1.165, 1.54) is 0 Å². The van der Waals surface area contributed by atoms with E-state index < -0.39 is 0 Å². The summed E-state index contributed by atoms with van der Waals surface area (Å²) in [5, 5.41) is 0. The molecule has 0 aromatic heterocycles. The number of carbonyl (C=O) groups is 1. The van der Waals surface area contributed by atoms with Crippen molar-refractivity contribution in [3.8, 4) is 0 Å². The van der Waals surface area contributed by atoms with Crippen LogP contribution in [0.3, 0.4) is 0 Å². The smallest absolute Gasteiger partial charge is 0.217 e. The third-order valence-electron chi connectivity index (χ3n) is 0.627. The highest BCUT2D eigenvalue weighted by Gasteiger charge is 1.88. The number of rotatable bonds is 3. The summed E-state index contributed by atoms with van der Waals surface area (Å²) in [7, 11) is 0. The Morgan fingerprint density at radius 2 is 1.78 bits per heavy atom. The minimum atomic E-state index is -0.273. The SMILES string of the molecule is Cl.Cl.NCCCC(N)=O. The van der Waals surface area contributed by atoms with Gasteiger partial charge in [-0.25, -0.2) is 0 Å². The Kier molecular flexibility index (Phi) is 19.4. The Morgan fingerprint density at radius 1 is 1.33 bits per heavy atom. The van der Waals surface area contributed by atoms with Gasteiger partial charge in [0, 0.05) is 6.42 Å². The minimum absolute atomic E-state index is 0. The molecule has 0 rings (SSSR count). The van der Waals surface area contributed by atoms with Crippen molar-refractivity contribution in [2.75, 3.05) is 6.54 Å². The quantitative estimate of drug-likeness (QED) is 0.636. The summed E-state index contributed by atoms with van der Waals surface area (Å²) in [6.45, 7) is 0.545. The normalized spacial score (nSPS) is 6.78. The first kappa shape index (κ1) is 16.0. The third-order valence-corrected chi connectivity index (χ3v) is 0.627. The first-order valence-electron chi connectivity index (χ1n) is 2.25. The lowest BCUT2D eigenvalue weighted by Crippen LogP contribution is -2.12. The molecule has 0 radical (unpaired) electrons. The number of hydrogen-bond donors (Lipinski definition) is 2. The van der Waals surface area contributed by atoms with Crippen LogP contribution in [0, 0.1) is 0 Å². The Labute approximate surface area is 67.0 Å². The van der Waals surface area contributed by atoms with Gasteiger partial charge in [0.2, 0.25) is 5.91 Å². The Bertz CT molecular complexity index is 69.6. The molecular formula is C4H12Cl2N2O. The van der Waals surface area contributed by atoms with Crippen LogP contribution in [0.5, 0.6) is 0 Å². The van der Waals surface area contributed by atoms with Crippen LogP contribution in [0.2, 0.25) is 0 Å². The second-order valence-corrected chi connectivity index (χ2v) is 1.36. The molecular weight excluding hydrogens is 163 g/mol. The maximum atomic E-state index is 9.92. The van der Waals surface area contributed by atoms with Gasteiger partial charge < -0.3 is 11.5 Å². The van der Waals surface area contributed by atoms with E-state index in [9.17, 15) is 4.79 Å². The zero-order valence-electron chi connectivity index (χ0n) is 5.00. The van der Waals surface area contributed by atoms with E-state index in [0.29, 0.717) is 19.4 Å². The summed E-state index contributed by atoms with van der Waals surface area (Å²) in [5.74, 6) is -0.273. The van der Waals surface area contributed by atoms with Crippen molar-refractivity contribution in [3.63, 3.8) is 0 Å². The Hall–Kier alpha value is 0.01000. The van der Waals surface area contributed by atoms with Crippen molar-refractivity contribution in [3.05, 3.63) is 0 Å². The molecule has 1 amide bonds. The van der Waals surface area contributed by atoms with Gasteiger partial charge in [0.15, 0.2) is 0 Å². The fourth-order valence-corrected chi connectivity index (χ4v) is 0.276. The highest BCUT2D eigenvalue weighted by atomic mass is 35.5. The first-order valence-corrected chi connectivity index (χ1v) is 2.25. The van der Waals surface area contributed by atoms with E-state index in [1.807, 2.05) is 0 Å². The standard InChI is InChI=1S/C4H10N2O.2ClH/c5-3-1-2-4(6)7;;/h1-3,5H2,(H2,6,7);2*1H. The molecule has 4 N–H and O–H groups in total. The zero-order chi connectivity index (χ0) is 5.70. The molecule has 0 unspecified atom stereocenters. The lowest BCUT2D eigenvalue weighted by atomic mass is 10.3. The number of amides is 1. The molecule has 0 aliphatic heterocycles. The van der Waals surface area contributed by atoms with Crippen LogP contribution in [0.25, 0.3) is 0 Å². The topological polar surface area (TPSA) is 69.1 Å². The van der Waals surface area contributed by atoms with Crippen LogP contribution in [0.4, 0.5) is 0 Å². The zero-order valence-corrected chi connectivity index (χ0v) is 6.63. The maximum absolute atomic E-state index is 9.92. The van der Waals surface area contributed by atoms with E-state index in [-0.39, 0.29) is 30.7 Å². The van der Waals surface area contributed by atoms with Crippen molar-refractivity contribution >= 4 is 30.7 Å². The molecule has 0 bridgehead atoms. The second kappa shape index (κ2) is 10.9. The number of halogens is 2. The molecule has 0 aromatic rings.